The maximum atomic E-state index is 12.8. The highest BCUT2D eigenvalue weighted by Crippen LogP contribution is 2.59. The van der Waals surface area contributed by atoms with Crippen LogP contribution in [0.15, 0.2) is 18.2 Å². The van der Waals surface area contributed by atoms with Crippen LogP contribution in [0.5, 0.6) is 0 Å². The second-order valence-electron chi connectivity index (χ2n) is 6.81. The summed E-state index contributed by atoms with van der Waals surface area (Å²) in [6.45, 7) is 0.956. The average molecular weight is 344 g/mol. The predicted molar refractivity (Wildman–Crippen MR) is 86.1 cm³/mol. The molecule has 0 radical (unpaired) electrons. The summed E-state index contributed by atoms with van der Waals surface area (Å²) in [6.07, 6.45) is 2.01. The maximum absolute atomic E-state index is 12.8. The predicted octanol–water partition coefficient (Wildman–Crippen LogP) is 1.80. The van der Waals surface area contributed by atoms with Crippen molar-refractivity contribution < 1.29 is 19.6 Å². The number of piperidine rings is 1. The first kappa shape index (κ1) is 15.6. The number of nitro groups is 1. The van der Waals surface area contributed by atoms with Gasteiger partial charge in [-0.15, -0.1) is 0 Å². The average Bonchev–Trinajstić information content (AvgIpc) is 3.13. The van der Waals surface area contributed by atoms with Crippen LogP contribution in [0.1, 0.15) is 29.8 Å². The van der Waals surface area contributed by atoms with Crippen molar-refractivity contribution in [1.29, 1.82) is 0 Å². The van der Waals surface area contributed by atoms with E-state index in [0.717, 1.165) is 0 Å². The third-order valence-electron chi connectivity index (χ3n) is 5.49. The molecule has 1 spiro atoms. The van der Waals surface area contributed by atoms with Crippen LogP contribution < -0.4 is 0 Å². The molecule has 1 aliphatic carbocycles. The van der Waals surface area contributed by atoms with E-state index in [1.54, 1.807) is 4.90 Å². The van der Waals surface area contributed by atoms with Gasteiger partial charge in [0, 0.05) is 30.6 Å². The van der Waals surface area contributed by atoms with Crippen LogP contribution in [-0.2, 0) is 4.79 Å². The van der Waals surface area contributed by atoms with Crippen molar-refractivity contribution in [2.45, 2.75) is 19.3 Å². The van der Waals surface area contributed by atoms with Crippen molar-refractivity contribution in [3.05, 3.63) is 34.0 Å². The summed E-state index contributed by atoms with van der Waals surface area (Å²) in [4.78, 5) is 36.0. The molecule has 1 aromatic heterocycles. The Kier molecular flexibility index (Phi) is 3.28. The van der Waals surface area contributed by atoms with E-state index in [4.69, 9.17) is 5.11 Å². The summed E-state index contributed by atoms with van der Waals surface area (Å²) in [5.74, 6) is -1.34. The van der Waals surface area contributed by atoms with Gasteiger partial charge >= 0.3 is 5.97 Å². The van der Waals surface area contributed by atoms with Crippen LogP contribution in [0.4, 0.5) is 5.69 Å². The van der Waals surface area contributed by atoms with Gasteiger partial charge in [0.1, 0.15) is 0 Å². The Morgan fingerprint density at radius 2 is 2.08 bits per heavy atom. The summed E-state index contributed by atoms with van der Waals surface area (Å²) < 4.78 is 0. The molecule has 1 unspecified atom stereocenters. The molecule has 1 saturated carbocycles. The standard InChI is InChI=1S/C16H16N4O5/c21-14(19-5-3-16(4-6-19)8-11(16)15(22)23)13-10-7-9(20(24)25)1-2-12(10)17-18-13/h1-2,7,11H,3-6,8H2,(H,17,18)(H,22,23). The number of non-ortho nitro benzene ring substituents is 1. The number of fused-ring (bicyclic) bond motifs is 1. The van der Waals surface area contributed by atoms with Crippen LogP contribution in [0.2, 0.25) is 0 Å². The highest BCUT2D eigenvalue weighted by atomic mass is 16.6. The minimum Gasteiger partial charge on any atom is -0.481 e. The fourth-order valence-electron chi connectivity index (χ4n) is 3.83. The number of carbonyl (C=O) groups excluding carboxylic acids is 1. The number of carboxylic acid groups (broad SMARTS) is 1. The molecule has 2 fully saturated rings. The molecule has 2 N–H and O–H groups in total. The van der Waals surface area contributed by atoms with Crippen LogP contribution in [0, 0.1) is 21.4 Å². The summed E-state index contributed by atoms with van der Waals surface area (Å²) >= 11 is 0. The first-order valence-electron chi connectivity index (χ1n) is 8.06. The Morgan fingerprint density at radius 1 is 1.36 bits per heavy atom. The Bertz CT molecular complexity index is 897. The van der Waals surface area contributed by atoms with Gasteiger partial charge in [-0.3, -0.25) is 24.8 Å². The zero-order valence-corrected chi connectivity index (χ0v) is 13.3. The highest BCUT2D eigenvalue weighted by Gasteiger charge is 2.59. The highest BCUT2D eigenvalue weighted by molar-refractivity contribution is 6.05. The Balaban J connectivity index is 1.54. The van der Waals surface area contributed by atoms with E-state index in [-0.39, 0.29) is 28.6 Å². The van der Waals surface area contributed by atoms with Gasteiger partial charge in [-0.2, -0.15) is 5.10 Å². The lowest BCUT2D eigenvalue weighted by molar-refractivity contribution is -0.384. The van der Waals surface area contributed by atoms with E-state index in [9.17, 15) is 19.7 Å². The molecule has 2 aliphatic rings. The normalized spacial score (nSPS) is 21.4. The summed E-state index contributed by atoms with van der Waals surface area (Å²) in [5, 5.41) is 27.3. The monoisotopic (exact) mass is 344 g/mol. The molecule has 0 bridgehead atoms. The smallest absolute Gasteiger partial charge is 0.307 e. The molecule has 2 aromatic rings. The lowest BCUT2D eigenvalue weighted by atomic mass is 9.90. The molecular weight excluding hydrogens is 328 g/mol. The number of carboxylic acids is 1. The number of H-pyrrole nitrogens is 1. The SMILES string of the molecule is O=C(O)C1CC12CCN(C(=O)c1n[nH]c3ccc([N+](=O)[O-])cc13)CC2. The van der Waals surface area contributed by atoms with Crippen LogP contribution in [-0.4, -0.2) is 50.1 Å². The fourth-order valence-corrected chi connectivity index (χ4v) is 3.83. The third-order valence-corrected chi connectivity index (χ3v) is 5.49. The number of benzene rings is 1. The first-order valence-corrected chi connectivity index (χ1v) is 8.06. The van der Waals surface area contributed by atoms with Gasteiger partial charge in [0.2, 0.25) is 0 Å². The summed E-state index contributed by atoms with van der Waals surface area (Å²) in [5.41, 5.74) is 0.480. The zero-order valence-electron chi connectivity index (χ0n) is 13.3. The number of likely N-dealkylation sites (tertiary alicyclic amines) is 1. The van der Waals surface area contributed by atoms with Gasteiger partial charge in [0.15, 0.2) is 5.69 Å². The van der Waals surface area contributed by atoms with E-state index in [0.29, 0.717) is 43.3 Å². The van der Waals surface area contributed by atoms with Crippen molar-refractivity contribution in [2.24, 2.45) is 11.3 Å². The summed E-state index contributed by atoms with van der Waals surface area (Å²) in [7, 11) is 0. The van der Waals surface area contributed by atoms with Crippen LogP contribution >= 0.6 is 0 Å². The van der Waals surface area contributed by atoms with Crippen molar-refractivity contribution in [3.63, 3.8) is 0 Å². The fraction of sp³-hybridized carbons (Fsp3) is 0.438. The van der Waals surface area contributed by atoms with E-state index in [1.807, 2.05) is 0 Å². The number of nitro benzene ring substituents is 1. The van der Waals surface area contributed by atoms with Crippen molar-refractivity contribution in [3.8, 4) is 0 Å². The van der Waals surface area contributed by atoms with Crippen molar-refractivity contribution in [2.75, 3.05) is 13.1 Å². The molecule has 1 saturated heterocycles. The van der Waals surface area contributed by atoms with E-state index >= 15 is 0 Å². The molecule has 1 aromatic carbocycles. The Labute approximate surface area is 141 Å². The molecule has 25 heavy (non-hydrogen) atoms. The van der Waals surface area contributed by atoms with Gasteiger partial charge in [-0.1, -0.05) is 0 Å². The molecule has 9 heteroatoms. The maximum Gasteiger partial charge on any atom is 0.307 e. The molecule has 1 atom stereocenters. The molecule has 4 rings (SSSR count). The van der Waals surface area contributed by atoms with E-state index in [2.05, 4.69) is 10.2 Å². The molecule has 1 aliphatic heterocycles. The number of rotatable bonds is 3. The number of aliphatic carboxylic acids is 1. The minimum atomic E-state index is -0.759. The third kappa shape index (κ3) is 2.43. The number of nitrogens with zero attached hydrogens (tertiary/aromatic N) is 3. The number of carbonyl (C=O) groups is 2. The number of hydrogen-bond acceptors (Lipinski definition) is 5. The molecular formula is C16H16N4O5. The number of hydrogen-bond donors (Lipinski definition) is 2. The number of amides is 1. The molecule has 1 amide bonds. The molecule has 2 heterocycles. The van der Waals surface area contributed by atoms with Crippen LogP contribution in [0.25, 0.3) is 10.9 Å². The lowest BCUT2D eigenvalue weighted by Gasteiger charge is -2.32. The van der Waals surface area contributed by atoms with Crippen molar-refractivity contribution in [1.82, 2.24) is 15.1 Å². The lowest BCUT2D eigenvalue weighted by Crippen LogP contribution is -2.40. The molecule has 130 valence electrons. The van der Waals surface area contributed by atoms with Gasteiger partial charge in [0.25, 0.3) is 11.6 Å². The second-order valence-corrected chi connectivity index (χ2v) is 6.81. The zero-order chi connectivity index (χ0) is 17.8. The Morgan fingerprint density at radius 3 is 2.68 bits per heavy atom. The first-order chi connectivity index (χ1) is 11.9. The minimum absolute atomic E-state index is 0.0946. The van der Waals surface area contributed by atoms with Crippen LogP contribution in [0.3, 0.4) is 0 Å². The number of nitrogens with one attached hydrogen (secondary N) is 1. The number of aromatic amines is 1. The van der Waals surface area contributed by atoms with Gasteiger partial charge in [-0.05, 0) is 30.7 Å². The summed E-state index contributed by atoms with van der Waals surface area (Å²) in [6, 6.07) is 4.24. The van der Waals surface area contributed by atoms with Gasteiger partial charge < -0.3 is 10.0 Å². The van der Waals surface area contributed by atoms with E-state index < -0.39 is 10.9 Å². The topological polar surface area (TPSA) is 129 Å². The molecule has 9 nitrogen and oxygen atoms in total. The quantitative estimate of drug-likeness (QED) is 0.645. The largest absolute Gasteiger partial charge is 0.481 e. The van der Waals surface area contributed by atoms with Gasteiger partial charge in [0.05, 0.1) is 16.4 Å². The Hall–Kier alpha value is -2.97. The van der Waals surface area contributed by atoms with Crippen molar-refractivity contribution >= 4 is 28.5 Å². The van der Waals surface area contributed by atoms with E-state index in [1.165, 1.54) is 18.2 Å². The second kappa shape index (κ2) is 5.27. The van der Waals surface area contributed by atoms with Gasteiger partial charge in [-0.25, -0.2) is 0 Å². The number of aromatic nitrogens is 2.